The number of rotatable bonds is 5. The maximum Gasteiger partial charge on any atom is 0.126 e. The largest absolute Gasteiger partial charge is 0.496 e. The van der Waals surface area contributed by atoms with Gasteiger partial charge in [0.2, 0.25) is 0 Å². The van der Waals surface area contributed by atoms with Crippen molar-refractivity contribution in [3.05, 3.63) is 30.0 Å². The van der Waals surface area contributed by atoms with Gasteiger partial charge in [-0.2, -0.15) is 5.10 Å². The minimum atomic E-state index is 0.567. The van der Waals surface area contributed by atoms with Crippen molar-refractivity contribution < 1.29 is 4.74 Å². The Morgan fingerprint density at radius 3 is 2.53 bits per heavy atom. The Labute approximate surface area is 114 Å². The third-order valence-corrected chi connectivity index (χ3v) is 3.64. The monoisotopic (exact) mass is 259 g/mol. The SMILES string of the molecule is CCC(CC)c1ccc(OC)c(-c2cn[nH]c2N)c1. The molecule has 0 atom stereocenters. The van der Waals surface area contributed by atoms with E-state index in [0.29, 0.717) is 11.7 Å². The third kappa shape index (κ3) is 2.57. The number of hydrogen-bond acceptors (Lipinski definition) is 3. The number of H-pyrrole nitrogens is 1. The summed E-state index contributed by atoms with van der Waals surface area (Å²) in [4.78, 5) is 0. The summed E-state index contributed by atoms with van der Waals surface area (Å²) in [5, 5.41) is 6.75. The van der Waals surface area contributed by atoms with Gasteiger partial charge in [-0.1, -0.05) is 19.9 Å². The number of aromatic nitrogens is 2. The van der Waals surface area contributed by atoms with Crippen molar-refractivity contribution in [3.63, 3.8) is 0 Å². The van der Waals surface area contributed by atoms with Crippen molar-refractivity contribution in [3.8, 4) is 16.9 Å². The van der Waals surface area contributed by atoms with E-state index in [2.05, 4.69) is 36.2 Å². The van der Waals surface area contributed by atoms with Crippen LogP contribution in [0.25, 0.3) is 11.1 Å². The van der Waals surface area contributed by atoms with Crippen molar-refractivity contribution in [2.24, 2.45) is 0 Å². The number of nitrogen functional groups attached to an aromatic ring is 1. The topological polar surface area (TPSA) is 63.9 Å². The molecule has 0 amide bonds. The first-order valence-electron chi connectivity index (χ1n) is 6.68. The molecule has 0 aliphatic rings. The van der Waals surface area contributed by atoms with Crippen molar-refractivity contribution in [1.29, 1.82) is 0 Å². The van der Waals surface area contributed by atoms with Crippen molar-refractivity contribution in [2.45, 2.75) is 32.6 Å². The van der Waals surface area contributed by atoms with E-state index in [4.69, 9.17) is 10.5 Å². The molecule has 1 heterocycles. The maximum atomic E-state index is 5.91. The molecule has 2 aromatic rings. The number of methoxy groups -OCH3 is 1. The highest BCUT2D eigenvalue weighted by molar-refractivity contribution is 5.78. The van der Waals surface area contributed by atoms with E-state index in [1.165, 1.54) is 5.56 Å². The minimum Gasteiger partial charge on any atom is -0.496 e. The number of nitrogens with one attached hydrogen (secondary N) is 1. The van der Waals surface area contributed by atoms with E-state index in [1.807, 2.05) is 6.07 Å². The van der Waals surface area contributed by atoms with Crippen molar-refractivity contribution in [2.75, 3.05) is 12.8 Å². The first kappa shape index (κ1) is 13.5. The van der Waals surface area contributed by atoms with Gasteiger partial charge in [-0.05, 0) is 36.5 Å². The molecule has 1 aromatic carbocycles. The van der Waals surface area contributed by atoms with Gasteiger partial charge < -0.3 is 10.5 Å². The average Bonchev–Trinajstić information content (AvgIpc) is 2.86. The van der Waals surface area contributed by atoms with E-state index >= 15 is 0 Å². The summed E-state index contributed by atoms with van der Waals surface area (Å²) in [6.07, 6.45) is 4.00. The van der Waals surface area contributed by atoms with E-state index < -0.39 is 0 Å². The van der Waals surface area contributed by atoms with E-state index in [9.17, 15) is 0 Å². The number of aromatic amines is 1. The van der Waals surface area contributed by atoms with Gasteiger partial charge in [-0.3, -0.25) is 5.10 Å². The van der Waals surface area contributed by atoms with Crippen LogP contribution in [-0.4, -0.2) is 17.3 Å². The lowest BCUT2D eigenvalue weighted by Gasteiger charge is -2.16. The Kier molecular flexibility index (Phi) is 4.10. The molecule has 4 nitrogen and oxygen atoms in total. The fraction of sp³-hybridized carbons (Fsp3) is 0.400. The van der Waals surface area contributed by atoms with Crippen molar-refractivity contribution in [1.82, 2.24) is 10.2 Å². The first-order chi connectivity index (χ1) is 9.21. The van der Waals surface area contributed by atoms with Gasteiger partial charge >= 0.3 is 0 Å². The second-order valence-electron chi connectivity index (χ2n) is 4.67. The van der Waals surface area contributed by atoms with Gasteiger partial charge in [0.1, 0.15) is 11.6 Å². The molecule has 0 saturated heterocycles. The number of hydrogen-bond donors (Lipinski definition) is 2. The molecule has 0 aliphatic heterocycles. The predicted molar refractivity (Wildman–Crippen MR) is 78.3 cm³/mol. The highest BCUT2D eigenvalue weighted by atomic mass is 16.5. The molecular weight excluding hydrogens is 238 g/mol. The van der Waals surface area contributed by atoms with E-state index in [0.717, 1.165) is 29.7 Å². The van der Waals surface area contributed by atoms with Crippen LogP contribution in [0.15, 0.2) is 24.4 Å². The number of nitrogens with zero attached hydrogens (tertiary/aromatic N) is 1. The second-order valence-corrected chi connectivity index (χ2v) is 4.67. The number of nitrogens with two attached hydrogens (primary N) is 1. The lowest BCUT2D eigenvalue weighted by molar-refractivity contribution is 0.416. The fourth-order valence-corrected chi connectivity index (χ4v) is 2.46. The molecule has 0 saturated carbocycles. The van der Waals surface area contributed by atoms with Crippen LogP contribution in [-0.2, 0) is 0 Å². The molecule has 2 rings (SSSR count). The minimum absolute atomic E-state index is 0.567. The van der Waals surface area contributed by atoms with Crippen LogP contribution in [0.2, 0.25) is 0 Å². The molecule has 0 bridgehead atoms. The fourth-order valence-electron chi connectivity index (χ4n) is 2.46. The Balaban J connectivity index is 2.51. The zero-order valence-corrected chi connectivity index (χ0v) is 11.7. The molecule has 0 unspecified atom stereocenters. The first-order valence-corrected chi connectivity index (χ1v) is 6.68. The van der Waals surface area contributed by atoms with E-state index in [-0.39, 0.29) is 0 Å². The summed E-state index contributed by atoms with van der Waals surface area (Å²) in [6, 6.07) is 6.31. The van der Waals surface area contributed by atoms with Crippen LogP contribution < -0.4 is 10.5 Å². The van der Waals surface area contributed by atoms with Gasteiger partial charge in [0.15, 0.2) is 0 Å². The van der Waals surface area contributed by atoms with Crippen LogP contribution in [0.3, 0.4) is 0 Å². The predicted octanol–water partition coefficient (Wildman–Crippen LogP) is 3.57. The molecule has 0 aliphatic carbocycles. The highest BCUT2D eigenvalue weighted by Gasteiger charge is 2.14. The Morgan fingerprint density at radius 2 is 2.00 bits per heavy atom. The molecular formula is C15H21N3O. The molecule has 3 N–H and O–H groups in total. The molecule has 102 valence electrons. The molecule has 0 spiro atoms. The Bertz CT molecular complexity index is 544. The van der Waals surface area contributed by atoms with Crippen LogP contribution in [0, 0.1) is 0 Å². The quantitative estimate of drug-likeness (QED) is 0.862. The average molecular weight is 259 g/mol. The van der Waals surface area contributed by atoms with E-state index in [1.54, 1.807) is 13.3 Å². The normalized spacial score (nSPS) is 10.9. The van der Waals surface area contributed by atoms with Gasteiger partial charge in [-0.15, -0.1) is 0 Å². The van der Waals surface area contributed by atoms with Gasteiger partial charge in [0.05, 0.1) is 13.3 Å². The number of benzene rings is 1. The zero-order valence-electron chi connectivity index (χ0n) is 11.7. The smallest absolute Gasteiger partial charge is 0.126 e. The zero-order chi connectivity index (χ0) is 13.8. The summed E-state index contributed by atoms with van der Waals surface area (Å²) in [5.41, 5.74) is 9.13. The molecule has 4 heteroatoms. The third-order valence-electron chi connectivity index (χ3n) is 3.64. The number of anilines is 1. The summed E-state index contributed by atoms with van der Waals surface area (Å²) in [6.45, 7) is 4.43. The number of ether oxygens (including phenoxy) is 1. The molecule has 1 aromatic heterocycles. The van der Waals surface area contributed by atoms with Gasteiger partial charge in [-0.25, -0.2) is 0 Å². The Morgan fingerprint density at radius 1 is 1.26 bits per heavy atom. The summed E-state index contributed by atoms with van der Waals surface area (Å²) in [5.74, 6) is 1.96. The molecule has 19 heavy (non-hydrogen) atoms. The van der Waals surface area contributed by atoms with Gasteiger partial charge in [0.25, 0.3) is 0 Å². The Hall–Kier alpha value is -1.97. The summed E-state index contributed by atoms with van der Waals surface area (Å²) >= 11 is 0. The van der Waals surface area contributed by atoms with Crippen molar-refractivity contribution >= 4 is 5.82 Å². The highest BCUT2D eigenvalue weighted by Crippen LogP contribution is 2.36. The van der Waals surface area contributed by atoms with Crippen LogP contribution >= 0.6 is 0 Å². The lowest BCUT2D eigenvalue weighted by atomic mass is 9.91. The summed E-state index contributed by atoms with van der Waals surface area (Å²) in [7, 11) is 1.67. The standard InChI is InChI=1S/C15H21N3O/c1-4-10(5-2)11-6-7-14(19-3)12(8-11)13-9-17-18-15(13)16/h6-10H,4-5H2,1-3H3,(H3,16,17,18). The van der Waals surface area contributed by atoms with Gasteiger partial charge in [0, 0.05) is 11.1 Å². The van der Waals surface area contributed by atoms with Crippen LogP contribution in [0.5, 0.6) is 5.75 Å². The molecule has 0 radical (unpaired) electrons. The summed E-state index contributed by atoms with van der Waals surface area (Å²) < 4.78 is 5.43. The van der Waals surface area contributed by atoms with Crippen LogP contribution in [0.1, 0.15) is 38.2 Å². The second kappa shape index (κ2) is 5.78. The molecule has 0 fully saturated rings. The lowest BCUT2D eigenvalue weighted by Crippen LogP contribution is -1.98. The maximum absolute atomic E-state index is 5.91. The van der Waals surface area contributed by atoms with Crippen LogP contribution in [0.4, 0.5) is 5.82 Å².